The molecule has 3 aliphatic rings. The molecule has 3 heterocycles. The Morgan fingerprint density at radius 1 is 0.342 bits per heavy atom. The minimum Gasteiger partial charge on any atom is -0.354 e. The molecule has 38 heavy (non-hydrogen) atoms. The molecule has 0 N–H and O–H groups in total. The van der Waals surface area contributed by atoms with Gasteiger partial charge in [-0.2, -0.15) is 0 Å². The van der Waals surface area contributed by atoms with Crippen LogP contribution in [-0.2, 0) is 26.2 Å². The number of benzene rings is 4. The molecule has 0 aromatic heterocycles. The third-order valence-electron chi connectivity index (χ3n) is 7.57. The van der Waals surface area contributed by atoms with Crippen molar-refractivity contribution in [1.29, 1.82) is 0 Å². The van der Waals surface area contributed by atoms with E-state index < -0.39 is 0 Å². The van der Waals surface area contributed by atoms with Crippen molar-refractivity contribution in [3.8, 4) is 22.3 Å². The van der Waals surface area contributed by atoms with Gasteiger partial charge in [-0.05, 0) is 68.8 Å². The Kier molecular flexibility index (Phi) is 5.86. The second kappa shape index (κ2) is 9.79. The molecule has 0 aliphatic carbocycles. The first-order valence-electron chi connectivity index (χ1n) is 13.4. The van der Waals surface area contributed by atoms with Crippen LogP contribution in [0.3, 0.4) is 0 Å². The Labute approximate surface area is 225 Å². The SMILES string of the molecule is C1=CN2Cc3cc(cc(-c4ccccc4)c3)CN3C=CN(Cc4cc(cc(-c5ccccc5)c4)CN1C2)C3. The van der Waals surface area contributed by atoms with Gasteiger partial charge < -0.3 is 19.6 Å². The van der Waals surface area contributed by atoms with Crippen LogP contribution in [-0.4, -0.2) is 32.9 Å². The molecule has 0 saturated heterocycles. The molecule has 188 valence electrons. The molecule has 0 spiro atoms. The Balaban J connectivity index is 1.23. The number of hydrogen-bond donors (Lipinski definition) is 0. The average Bonchev–Trinajstić information content (AvgIpc) is 3.57. The van der Waals surface area contributed by atoms with E-state index in [9.17, 15) is 0 Å². The Morgan fingerprint density at radius 3 is 0.974 bits per heavy atom. The number of nitrogens with zero attached hydrogens (tertiary/aromatic N) is 4. The Bertz CT molecular complexity index is 1310. The highest BCUT2D eigenvalue weighted by Gasteiger charge is 2.18. The second-order valence-electron chi connectivity index (χ2n) is 10.7. The number of rotatable bonds is 2. The van der Waals surface area contributed by atoms with E-state index >= 15 is 0 Å². The summed E-state index contributed by atoms with van der Waals surface area (Å²) in [6, 6.07) is 35.7. The Hall–Kier alpha value is -4.44. The Morgan fingerprint density at radius 2 is 0.658 bits per heavy atom. The van der Waals surface area contributed by atoms with Crippen LogP contribution >= 0.6 is 0 Å². The number of hydrogen-bond acceptors (Lipinski definition) is 4. The lowest BCUT2D eigenvalue weighted by Gasteiger charge is -2.25. The van der Waals surface area contributed by atoms with Gasteiger partial charge in [0.05, 0.1) is 13.3 Å². The summed E-state index contributed by atoms with van der Waals surface area (Å²) in [7, 11) is 0. The van der Waals surface area contributed by atoms with Crippen molar-refractivity contribution in [2.75, 3.05) is 13.3 Å². The van der Waals surface area contributed by atoms with Crippen molar-refractivity contribution in [2.24, 2.45) is 0 Å². The molecule has 8 bridgehead atoms. The monoisotopic (exact) mass is 496 g/mol. The lowest BCUT2D eigenvalue weighted by atomic mass is 9.99. The summed E-state index contributed by atoms with van der Waals surface area (Å²) in [4.78, 5) is 9.66. The zero-order valence-electron chi connectivity index (χ0n) is 21.6. The van der Waals surface area contributed by atoms with Gasteiger partial charge >= 0.3 is 0 Å². The normalized spacial score (nSPS) is 16.4. The quantitative estimate of drug-likeness (QED) is 0.302. The molecule has 0 atom stereocenters. The molecular weight excluding hydrogens is 464 g/mol. The van der Waals surface area contributed by atoms with E-state index in [0.717, 1.165) is 39.5 Å². The van der Waals surface area contributed by atoms with Gasteiger partial charge in [0.2, 0.25) is 0 Å². The van der Waals surface area contributed by atoms with E-state index in [-0.39, 0.29) is 0 Å². The predicted molar refractivity (Wildman–Crippen MR) is 154 cm³/mol. The smallest absolute Gasteiger partial charge is 0.0900 e. The van der Waals surface area contributed by atoms with Gasteiger partial charge in [-0.25, -0.2) is 0 Å². The first-order valence-corrected chi connectivity index (χ1v) is 13.4. The molecule has 3 aliphatic heterocycles. The fraction of sp³-hybridized carbons (Fsp3) is 0.176. The maximum atomic E-state index is 2.42. The highest BCUT2D eigenvalue weighted by atomic mass is 15.3. The molecule has 4 aromatic carbocycles. The van der Waals surface area contributed by atoms with Crippen molar-refractivity contribution >= 4 is 0 Å². The maximum Gasteiger partial charge on any atom is 0.0900 e. The summed E-state index contributed by atoms with van der Waals surface area (Å²) >= 11 is 0. The van der Waals surface area contributed by atoms with Gasteiger partial charge in [-0.1, -0.05) is 72.8 Å². The highest BCUT2D eigenvalue weighted by molar-refractivity contribution is 5.66. The van der Waals surface area contributed by atoms with E-state index in [1.807, 2.05) is 0 Å². The van der Waals surface area contributed by atoms with E-state index in [4.69, 9.17) is 0 Å². The van der Waals surface area contributed by atoms with Crippen LogP contribution in [0, 0.1) is 0 Å². The van der Waals surface area contributed by atoms with Crippen molar-refractivity contribution in [3.05, 3.63) is 144 Å². The summed E-state index contributed by atoms with van der Waals surface area (Å²) in [5.41, 5.74) is 10.6. The van der Waals surface area contributed by atoms with Crippen LogP contribution in [0.5, 0.6) is 0 Å². The largest absolute Gasteiger partial charge is 0.354 e. The molecule has 0 unspecified atom stereocenters. The molecule has 4 nitrogen and oxygen atoms in total. The summed E-state index contributed by atoms with van der Waals surface area (Å²) < 4.78 is 0. The van der Waals surface area contributed by atoms with Gasteiger partial charge in [0.1, 0.15) is 0 Å². The molecule has 0 fully saturated rings. The van der Waals surface area contributed by atoms with Crippen molar-refractivity contribution < 1.29 is 0 Å². The lowest BCUT2D eigenvalue weighted by molar-refractivity contribution is 0.250. The lowest BCUT2D eigenvalue weighted by Crippen LogP contribution is -2.26. The third kappa shape index (κ3) is 4.90. The summed E-state index contributed by atoms with van der Waals surface area (Å²) in [5, 5.41) is 0. The fourth-order valence-electron chi connectivity index (χ4n) is 5.87. The fourth-order valence-corrected chi connectivity index (χ4v) is 5.87. The minimum absolute atomic E-state index is 0.898. The van der Waals surface area contributed by atoms with Crippen molar-refractivity contribution in [3.63, 3.8) is 0 Å². The predicted octanol–water partition coefficient (Wildman–Crippen LogP) is 6.83. The molecule has 0 radical (unpaired) electrons. The summed E-state index contributed by atoms with van der Waals surface area (Å²) in [6.45, 7) is 5.40. The topological polar surface area (TPSA) is 13.0 Å². The van der Waals surface area contributed by atoms with E-state index in [2.05, 4.69) is 141 Å². The van der Waals surface area contributed by atoms with Gasteiger partial charge in [0, 0.05) is 51.0 Å². The second-order valence-corrected chi connectivity index (χ2v) is 10.7. The van der Waals surface area contributed by atoms with Crippen LogP contribution in [0.25, 0.3) is 22.3 Å². The zero-order valence-corrected chi connectivity index (χ0v) is 21.6. The van der Waals surface area contributed by atoms with Crippen molar-refractivity contribution in [1.82, 2.24) is 19.6 Å². The van der Waals surface area contributed by atoms with E-state index in [1.54, 1.807) is 0 Å². The summed E-state index contributed by atoms with van der Waals surface area (Å²) in [5.74, 6) is 0. The zero-order chi connectivity index (χ0) is 25.3. The van der Waals surface area contributed by atoms with E-state index in [0.29, 0.717) is 0 Å². The van der Waals surface area contributed by atoms with Crippen molar-refractivity contribution in [2.45, 2.75) is 26.2 Å². The molecular formula is C34H32N4. The molecule has 0 amide bonds. The van der Waals surface area contributed by atoms with Crippen LogP contribution in [0.1, 0.15) is 22.3 Å². The third-order valence-corrected chi connectivity index (χ3v) is 7.57. The molecule has 7 rings (SSSR count). The van der Waals surface area contributed by atoms with Gasteiger partial charge in [0.15, 0.2) is 0 Å². The highest BCUT2D eigenvalue weighted by Crippen LogP contribution is 2.28. The van der Waals surface area contributed by atoms with Gasteiger partial charge in [0.25, 0.3) is 0 Å². The first kappa shape index (κ1) is 22.7. The van der Waals surface area contributed by atoms with Crippen LogP contribution < -0.4 is 0 Å². The van der Waals surface area contributed by atoms with Gasteiger partial charge in [-0.15, -0.1) is 0 Å². The van der Waals surface area contributed by atoms with Crippen LogP contribution in [0.15, 0.2) is 122 Å². The van der Waals surface area contributed by atoms with Crippen LogP contribution in [0.4, 0.5) is 0 Å². The first-order chi connectivity index (χ1) is 18.7. The number of fused-ring (bicyclic) bond motifs is 8. The molecule has 4 heteroatoms. The van der Waals surface area contributed by atoms with Crippen LogP contribution in [0.2, 0.25) is 0 Å². The summed E-state index contributed by atoms with van der Waals surface area (Å²) in [6.07, 6.45) is 8.98. The van der Waals surface area contributed by atoms with Gasteiger partial charge in [-0.3, -0.25) is 0 Å². The standard InChI is InChI=1S/C34H32N4/c1-3-7-31(8-4-1)33-17-27-15-28(18-33)22-36-12-14-38(26-36)24-30-16-29(23-37-13-11-35(21-27)25-37)19-34(20-30)32-9-5-2-6-10-32/h1-20H,21-26H2. The molecule has 0 saturated carbocycles. The minimum atomic E-state index is 0.898. The molecule has 4 aromatic rings. The maximum absolute atomic E-state index is 2.42. The van der Waals surface area contributed by atoms with E-state index in [1.165, 1.54) is 44.5 Å². The average molecular weight is 497 g/mol.